The SMILES string of the molecule is CC(C)c1ccc(S(=O)(=O)N2CCc3ccc(N4CCOCC4)cc32)cc1. The van der Waals surface area contributed by atoms with Crippen molar-refractivity contribution in [2.45, 2.75) is 31.1 Å². The van der Waals surface area contributed by atoms with E-state index in [1.165, 1.54) is 0 Å². The van der Waals surface area contributed by atoms with Crippen LogP contribution in [0.2, 0.25) is 0 Å². The van der Waals surface area contributed by atoms with Gasteiger partial charge in [-0.2, -0.15) is 0 Å². The number of fused-ring (bicyclic) bond motifs is 1. The minimum Gasteiger partial charge on any atom is -0.378 e. The second-order valence-corrected chi connectivity index (χ2v) is 9.33. The summed E-state index contributed by atoms with van der Waals surface area (Å²) >= 11 is 0. The Morgan fingerprint density at radius 2 is 1.67 bits per heavy atom. The van der Waals surface area contributed by atoms with E-state index >= 15 is 0 Å². The number of benzene rings is 2. The first-order chi connectivity index (χ1) is 13.0. The third-order valence-corrected chi connectivity index (χ3v) is 7.26. The summed E-state index contributed by atoms with van der Waals surface area (Å²) in [7, 11) is -3.55. The lowest BCUT2D eigenvalue weighted by molar-refractivity contribution is 0.122. The van der Waals surface area contributed by atoms with E-state index in [9.17, 15) is 8.42 Å². The molecule has 0 spiro atoms. The molecule has 0 saturated carbocycles. The molecule has 0 bridgehead atoms. The highest BCUT2D eigenvalue weighted by Crippen LogP contribution is 2.36. The van der Waals surface area contributed by atoms with Crippen LogP contribution in [0.5, 0.6) is 0 Å². The second-order valence-electron chi connectivity index (χ2n) is 7.46. The van der Waals surface area contributed by atoms with Crippen molar-refractivity contribution < 1.29 is 13.2 Å². The zero-order valence-electron chi connectivity index (χ0n) is 15.9. The number of nitrogens with zero attached hydrogens (tertiary/aromatic N) is 2. The molecule has 0 aromatic heterocycles. The first-order valence-corrected chi connectivity index (χ1v) is 11.0. The van der Waals surface area contributed by atoms with E-state index in [2.05, 4.69) is 30.9 Å². The van der Waals surface area contributed by atoms with E-state index in [0.29, 0.717) is 30.6 Å². The molecular weight excluding hydrogens is 360 g/mol. The van der Waals surface area contributed by atoms with Gasteiger partial charge in [-0.15, -0.1) is 0 Å². The van der Waals surface area contributed by atoms with Crippen molar-refractivity contribution in [2.75, 3.05) is 42.1 Å². The first kappa shape index (κ1) is 18.3. The molecule has 6 heteroatoms. The van der Waals surface area contributed by atoms with Crippen LogP contribution in [-0.4, -0.2) is 41.3 Å². The van der Waals surface area contributed by atoms with Crippen molar-refractivity contribution in [3.8, 4) is 0 Å². The number of hydrogen-bond donors (Lipinski definition) is 0. The Morgan fingerprint density at radius 3 is 2.33 bits per heavy atom. The lowest BCUT2D eigenvalue weighted by atomic mass is 10.0. The quantitative estimate of drug-likeness (QED) is 0.808. The molecular formula is C21H26N2O3S. The zero-order valence-corrected chi connectivity index (χ0v) is 16.7. The van der Waals surface area contributed by atoms with Gasteiger partial charge in [0.15, 0.2) is 0 Å². The highest BCUT2D eigenvalue weighted by molar-refractivity contribution is 7.92. The van der Waals surface area contributed by atoms with Crippen LogP contribution in [0, 0.1) is 0 Å². The lowest BCUT2D eigenvalue weighted by Crippen LogP contribution is -2.36. The predicted octanol–water partition coefficient (Wildman–Crippen LogP) is 3.40. The fourth-order valence-electron chi connectivity index (χ4n) is 3.76. The highest BCUT2D eigenvalue weighted by atomic mass is 32.2. The summed E-state index contributed by atoms with van der Waals surface area (Å²) in [4.78, 5) is 2.61. The Hall–Kier alpha value is -2.05. The van der Waals surface area contributed by atoms with Gasteiger partial charge in [-0.3, -0.25) is 4.31 Å². The summed E-state index contributed by atoms with van der Waals surface area (Å²) in [5.41, 5.74) is 4.11. The van der Waals surface area contributed by atoms with Crippen LogP contribution in [0.1, 0.15) is 30.9 Å². The fraction of sp³-hybridized carbons (Fsp3) is 0.429. The lowest BCUT2D eigenvalue weighted by Gasteiger charge is -2.30. The normalized spacial score (nSPS) is 17.4. The van der Waals surface area contributed by atoms with Gasteiger partial charge in [0, 0.05) is 25.3 Å². The molecule has 2 aromatic rings. The van der Waals surface area contributed by atoms with Gasteiger partial charge in [0.25, 0.3) is 10.0 Å². The molecule has 1 fully saturated rings. The molecule has 1 saturated heterocycles. The molecule has 27 heavy (non-hydrogen) atoms. The number of anilines is 2. The molecule has 0 aliphatic carbocycles. The van der Waals surface area contributed by atoms with Crippen molar-refractivity contribution in [1.29, 1.82) is 0 Å². The monoisotopic (exact) mass is 386 g/mol. The van der Waals surface area contributed by atoms with Crippen LogP contribution in [0.4, 0.5) is 11.4 Å². The minimum atomic E-state index is -3.55. The largest absolute Gasteiger partial charge is 0.378 e. The van der Waals surface area contributed by atoms with E-state index in [1.54, 1.807) is 16.4 Å². The van der Waals surface area contributed by atoms with Crippen LogP contribution >= 0.6 is 0 Å². The smallest absolute Gasteiger partial charge is 0.264 e. The van der Waals surface area contributed by atoms with Gasteiger partial charge in [-0.1, -0.05) is 32.0 Å². The van der Waals surface area contributed by atoms with Gasteiger partial charge >= 0.3 is 0 Å². The standard InChI is InChI=1S/C21H26N2O3S/c1-16(2)17-4-7-20(8-5-17)27(24,25)23-10-9-18-3-6-19(15-21(18)23)22-11-13-26-14-12-22/h3-8,15-16H,9-14H2,1-2H3. The van der Waals surface area contributed by atoms with E-state index in [1.807, 2.05) is 18.2 Å². The molecule has 0 N–H and O–H groups in total. The molecule has 2 aromatic carbocycles. The molecule has 0 radical (unpaired) electrons. The maximum absolute atomic E-state index is 13.3. The Kier molecular flexibility index (Phi) is 4.86. The van der Waals surface area contributed by atoms with Gasteiger partial charge in [0.05, 0.1) is 23.8 Å². The second kappa shape index (κ2) is 7.17. The summed E-state index contributed by atoms with van der Waals surface area (Å²) in [5.74, 6) is 0.380. The summed E-state index contributed by atoms with van der Waals surface area (Å²) in [5, 5.41) is 0. The number of rotatable bonds is 4. The highest BCUT2D eigenvalue weighted by Gasteiger charge is 2.31. The van der Waals surface area contributed by atoms with Crippen LogP contribution in [0.15, 0.2) is 47.4 Å². The van der Waals surface area contributed by atoms with E-state index < -0.39 is 10.0 Å². The van der Waals surface area contributed by atoms with E-state index in [4.69, 9.17) is 4.74 Å². The zero-order chi connectivity index (χ0) is 19.0. The summed E-state index contributed by atoms with van der Waals surface area (Å²) < 4.78 is 33.5. The maximum atomic E-state index is 13.3. The third-order valence-electron chi connectivity index (χ3n) is 5.43. The average molecular weight is 387 g/mol. The van der Waals surface area contributed by atoms with Crippen molar-refractivity contribution >= 4 is 21.4 Å². The summed E-state index contributed by atoms with van der Waals surface area (Å²) in [6.45, 7) is 7.80. The number of ether oxygens (including phenoxy) is 1. The average Bonchev–Trinajstić information content (AvgIpc) is 3.13. The molecule has 144 valence electrons. The Labute approximate surface area is 161 Å². The molecule has 4 rings (SSSR count). The minimum absolute atomic E-state index is 0.358. The van der Waals surface area contributed by atoms with Gasteiger partial charge in [-0.05, 0) is 47.7 Å². The maximum Gasteiger partial charge on any atom is 0.264 e. The molecule has 0 atom stereocenters. The van der Waals surface area contributed by atoms with E-state index in [0.717, 1.165) is 42.0 Å². The summed E-state index contributed by atoms with van der Waals surface area (Å²) in [6, 6.07) is 13.5. The molecule has 0 amide bonds. The number of sulfonamides is 1. The van der Waals surface area contributed by atoms with Crippen LogP contribution in [0.3, 0.4) is 0 Å². The molecule has 2 heterocycles. The molecule has 2 aliphatic heterocycles. The Morgan fingerprint density at radius 1 is 0.963 bits per heavy atom. The third kappa shape index (κ3) is 3.44. The number of morpholine rings is 1. The molecule has 5 nitrogen and oxygen atoms in total. The van der Waals surface area contributed by atoms with Crippen LogP contribution in [0.25, 0.3) is 0 Å². The molecule has 0 unspecified atom stereocenters. The number of hydrogen-bond acceptors (Lipinski definition) is 4. The van der Waals surface area contributed by atoms with Crippen molar-refractivity contribution in [2.24, 2.45) is 0 Å². The fourth-order valence-corrected chi connectivity index (χ4v) is 5.25. The van der Waals surface area contributed by atoms with Crippen molar-refractivity contribution in [3.05, 3.63) is 53.6 Å². The van der Waals surface area contributed by atoms with Gasteiger partial charge in [-0.25, -0.2) is 8.42 Å². The van der Waals surface area contributed by atoms with Gasteiger partial charge in [0.1, 0.15) is 0 Å². The van der Waals surface area contributed by atoms with Crippen LogP contribution in [-0.2, 0) is 21.2 Å². The first-order valence-electron chi connectivity index (χ1n) is 9.55. The van der Waals surface area contributed by atoms with Gasteiger partial charge in [0.2, 0.25) is 0 Å². The Balaban J connectivity index is 1.66. The van der Waals surface area contributed by atoms with Gasteiger partial charge < -0.3 is 9.64 Å². The summed E-state index contributed by atoms with van der Waals surface area (Å²) in [6.07, 6.45) is 0.752. The van der Waals surface area contributed by atoms with Crippen molar-refractivity contribution in [3.63, 3.8) is 0 Å². The predicted molar refractivity (Wildman–Crippen MR) is 108 cm³/mol. The Bertz CT molecular complexity index is 917. The topological polar surface area (TPSA) is 49.9 Å². The van der Waals surface area contributed by atoms with Crippen LogP contribution < -0.4 is 9.21 Å². The molecule has 2 aliphatic rings. The van der Waals surface area contributed by atoms with Crippen molar-refractivity contribution in [1.82, 2.24) is 0 Å². The van der Waals surface area contributed by atoms with E-state index in [-0.39, 0.29) is 0 Å².